The Balaban J connectivity index is 2.42. The number of carbonyl (C=O) groups excluding carboxylic acids is 1. The standard InChI is InChI=1S/C8H16N2O2/c1-7(9)6-10-3-5-12-4-2-8(10)11/h7H,2-6,9H2,1H3/t7-/m1/s1. The Labute approximate surface area is 72.7 Å². The van der Waals surface area contributed by atoms with Crippen molar-refractivity contribution in [2.24, 2.45) is 5.73 Å². The van der Waals surface area contributed by atoms with E-state index in [1.165, 1.54) is 0 Å². The van der Waals surface area contributed by atoms with Crippen molar-refractivity contribution in [3.05, 3.63) is 0 Å². The fourth-order valence-electron chi connectivity index (χ4n) is 1.26. The van der Waals surface area contributed by atoms with Crippen LogP contribution in [0.15, 0.2) is 0 Å². The lowest BCUT2D eigenvalue weighted by Gasteiger charge is -2.21. The lowest BCUT2D eigenvalue weighted by molar-refractivity contribution is -0.130. The Morgan fingerprint density at radius 1 is 1.67 bits per heavy atom. The molecule has 1 aliphatic rings. The van der Waals surface area contributed by atoms with Crippen molar-refractivity contribution in [2.45, 2.75) is 19.4 Å². The minimum absolute atomic E-state index is 0.0482. The van der Waals surface area contributed by atoms with E-state index in [0.29, 0.717) is 32.7 Å². The van der Waals surface area contributed by atoms with Crippen LogP contribution in [0.5, 0.6) is 0 Å². The van der Waals surface area contributed by atoms with E-state index < -0.39 is 0 Å². The van der Waals surface area contributed by atoms with Crippen molar-refractivity contribution in [1.29, 1.82) is 0 Å². The Hall–Kier alpha value is -0.610. The van der Waals surface area contributed by atoms with Crippen molar-refractivity contribution in [2.75, 3.05) is 26.3 Å². The minimum atomic E-state index is 0.0482. The SMILES string of the molecule is C[C@@H](N)CN1CCOCCC1=O. The molecule has 0 unspecified atom stereocenters. The summed E-state index contributed by atoms with van der Waals surface area (Å²) in [5, 5.41) is 0. The van der Waals surface area contributed by atoms with E-state index in [-0.39, 0.29) is 11.9 Å². The Morgan fingerprint density at radius 2 is 2.42 bits per heavy atom. The van der Waals surface area contributed by atoms with Crippen molar-refractivity contribution in [1.82, 2.24) is 4.90 Å². The highest BCUT2D eigenvalue weighted by Crippen LogP contribution is 2.01. The second kappa shape index (κ2) is 4.42. The largest absolute Gasteiger partial charge is 0.379 e. The molecule has 4 heteroatoms. The van der Waals surface area contributed by atoms with Gasteiger partial charge in [-0.25, -0.2) is 0 Å². The summed E-state index contributed by atoms with van der Waals surface area (Å²) in [5.74, 6) is 0.157. The van der Waals surface area contributed by atoms with Crippen molar-refractivity contribution in [3.8, 4) is 0 Å². The summed E-state index contributed by atoms with van der Waals surface area (Å²) in [5.41, 5.74) is 5.60. The molecule has 0 aromatic carbocycles. The van der Waals surface area contributed by atoms with Gasteiger partial charge >= 0.3 is 0 Å². The van der Waals surface area contributed by atoms with Gasteiger partial charge in [0.25, 0.3) is 0 Å². The maximum atomic E-state index is 11.3. The monoisotopic (exact) mass is 172 g/mol. The predicted molar refractivity (Wildman–Crippen MR) is 45.7 cm³/mol. The van der Waals surface area contributed by atoms with Crippen LogP contribution in [0.4, 0.5) is 0 Å². The number of nitrogens with zero attached hydrogens (tertiary/aromatic N) is 1. The highest BCUT2D eigenvalue weighted by atomic mass is 16.5. The fourth-order valence-corrected chi connectivity index (χ4v) is 1.26. The van der Waals surface area contributed by atoms with Gasteiger partial charge in [-0.15, -0.1) is 0 Å². The van der Waals surface area contributed by atoms with Crippen LogP contribution in [0, 0.1) is 0 Å². The molecule has 0 radical (unpaired) electrons. The first-order valence-corrected chi connectivity index (χ1v) is 4.31. The maximum absolute atomic E-state index is 11.3. The van der Waals surface area contributed by atoms with Crippen molar-refractivity contribution >= 4 is 5.91 Å². The van der Waals surface area contributed by atoms with Crippen LogP contribution in [-0.2, 0) is 9.53 Å². The maximum Gasteiger partial charge on any atom is 0.225 e. The zero-order chi connectivity index (χ0) is 8.97. The Morgan fingerprint density at radius 3 is 3.08 bits per heavy atom. The van der Waals surface area contributed by atoms with E-state index in [2.05, 4.69) is 0 Å². The quantitative estimate of drug-likeness (QED) is 0.615. The van der Waals surface area contributed by atoms with Gasteiger partial charge in [0.2, 0.25) is 5.91 Å². The van der Waals surface area contributed by atoms with Gasteiger partial charge in [-0.05, 0) is 6.92 Å². The molecular formula is C8H16N2O2. The molecule has 1 fully saturated rings. The third-order valence-corrected chi connectivity index (χ3v) is 1.83. The molecule has 0 saturated carbocycles. The summed E-state index contributed by atoms with van der Waals surface area (Å²) in [4.78, 5) is 13.1. The van der Waals surface area contributed by atoms with Gasteiger partial charge in [0.05, 0.1) is 19.6 Å². The first-order valence-electron chi connectivity index (χ1n) is 4.31. The molecule has 0 aliphatic carbocycles. The number of hydrogen-bond acceptors (Lipinski definition) is 3. The van der Waals surface area contributed by atoms with Gasteiger partial charge in [0, 0.05) is 19.1 Å². The van der Waals surface area contributed by atoms with E-state index in [9.17, 15) is 4.79 Å². The second-order valence-electron chi connectivity index (χ2n) is 3.18. The first-order chi connectivity index (χ1) is 5.70. The molecule has 1 atom stereocenters. The topological polar surface area (TPSA) is 55.6 Å². The molecule has 1 amide bonds. The number of ether oxygens (including phenoxy) is 1. The molecule has 4 nitrogen and oxygen atoms in total. The van der Waals surface area contributed by atoms with Crippen LogP contribution in [0.1, 0.15) is 13.3 Å². The molecule has 1 aliphatic heterocycles. The first kappa shape index (κ1) is 9.48. The molecule has 0 aromatic heterocycles. The van der Waals surface area contributed by atoms with Crippen LogP contribution in [0.25, 0.3) is 0 Å². The van der Waals surface area contributed by atoms with Crippen molar-refractivity contribution < 1.29 is 9.53 Å². The number of nitrogens with two attached hydrogens (primary N) is 1. The van der Waals surface area contributed by atoms with Crippen molar-refractivity contribution in [3.63, 3.8) is 0 Å². The van der Waals surface area contributed by atoms with Crippen LogP contribution in [0.3, 0.4) is 0 Å². The number of rotatable bonds is 2. The fraction of sp³-hybridized carbons (Fsp3) is 0.875. The average Bonchev–Trinajstić information content (AvgIpc) is 2.16. The number of hydrogen-bond donors (Lipinski definition) is 1. The summed E-state index contributed by atoms with van der Waals surface area (Å²) in [6.07, 6.45) is 0.493. The zero-order valence-corrected chi connectivity index (χ0v) is 7.45. The Bertz CT molecular complexity index is 159. The van der Waals surface area contributed by atoms with Gasteiger partial charge in [0.1, 0.15) is 0 Å². The molecular weight excluding hydrogens is 156 g/mol. The molecule has 2 N–H and O–H groups in total. The molecule has 0 bridgehead atoms. The van der Waals surface area contributed by atoms with E-state index in [0.717, 1.165) is 0 Å². The van der Waals surface area contributed by atoms with E-state index >= 15 is 0 Å². The summed E-state index contributed by atoms with van der Waals surface area (Å²) in [6.45, 7) is 4.41. The molecule has 12 heavy (non-hydrogen) atoms. The highest BCUT2D eigenvalue weighted by Gasteiger charge is 2.17. The Kier molecular flexibility index (Phi) is 3.49. The molecule has 0 aromatic rings. The predicted octanol–water partition coefficient (Wildman–Crippen LogP) is -0.417. The van der Waals surface area contributed by atoms with Gasteiger partial charge in [-0.1, -0.05) is 0 Å². The highest BCUT2D eigenvalue weighted by molar-refractivity contribution is 5.76. The average molecular weight is 172 g/mol. The minimum Gasteiger partial charge on any atom is -0.379 e. The van der Waals surface area contributed by atoms with Gasteiger partial charge in [-0.2, -0.15) is 0 Å². The van der Waals surface area contributed by atoms with Gasteiger partial charge < -0.3 is 15.4 Å². The smallest absolute Gasteiger partial charge is 0.225 e. The molecule has 1 rings (SSSR count). The van der Waals surface area contributed by atoms with E-state index in [1.807, 2.05) is 6.92 Å². The lowest BCUT2D eigenvalue weighted by atomic mass is 10.3. The molecule has 1 heterocycles. The molecule has 0 spiro atoms. The second-order valence-corrected chi connectivity index (χ2v) is 3.18. The van der Waals surface area contributed by atoms with Gasteiger partial charge in [-0.3, -0.25) is 4.79 Å². The normalized spacial score (nSPS) is 22.2. The summed E-state index contributed by atoms with van der Waals surface area (Å²) in [7, 11) is 0. The van der Waals surface area contributed by atoms with Crippen LogP contribution >= 0.6 is 0 Å². The van der Waals surface area contributed by atoms with Crippen LogP contribution in [0.2, 0.25) is 0 Å². The third-order valence-electron chi connectivity index (χ3n) is 1.83. The summed E-state index contributed by atoms with van der Waals surface area (Å²) in [6, 6.07) is 0.0482. The van der Waals surface area contributed by atoms with E-state index in [1.54, 1.807) is 4.90 Å². The number of amides is 1. The third kappa shape index (κ3) is 2.79. The summed E-state index contributed by atoms with van der Waals surface area (Å²) >= 11 is 0. The van der Waals surface area contributed by atoms with Crippen LogP contribution in [-0.4, -0.2) is 43.2 Å². The van der Waals surface area contributed by atoms with Crippen LogP contribution < -0.4 is 5.73 Å². The number of carbonyl (C=O) groups is 1. The lowest BCUT2D eigenvalue weighted by Crippen LogP contribution is -2.40. The van der Waals surface area contributed by atoms with Gasteiger partial charge in [0.15, 0.2) is 0 Å². The molecule has 70 valence electrons. The summed E-state index contributed by atoms with van der Waals surface area (Å²) < 4.78 is 5.17. The van der Waals surface area contributed by atoms with E-state index in [4.69, 9.17) is 10.5 Å². The zero-order valence-electron chi connectivity index (χ0n) is 7.45. The molecule has 1 saturated heterocycles.